The molecule has 1 aromatic rings. The first-order valence-electron chi connectivity index (χ1n) is 4.51. The number of methoxy groups -OCH3 is 1. The van der Waals surface area contributed by atoms with Crippen LogP contribution < -0.4 is 9.47 Å². The molecule has 78 valence electrons. The van der Waals surface area contributed by atoms with Crippen molar-refractivity contribution in [1.29, 1.82) is 0 Å². The second-order valence-corrected chi connectivity index (χ2v) is 2.82. The van der Waals surface area contributed by atoms with Crippen LogP contribution in [0, 0.1) is 12.3 Å². The largest absolute Gasteiger partial charge is 0.497 e. The van der Waals surface area contributed by atoms with Gasteiger partial charge in [-0.25, -0.2) is 0 Å². The van der Waals surface area contributed by atoms with Crippen molar-refractivity contribution in [2.45, 2.75) is 6.42 Å². The van der Waals surface area contributed by atoms with Crippen LogP contribution in [0.5, 0.6) is 11.5 Å². The van der Waals surface area contributed by atoms with E-state index in [-0.39, 0.29) is 0 Å². The predicted octanol–water partition coefficient (Wildman–Crippen LogP) is 1.91. The average molecular weight is 204 g/mol. The second-order valence-electron chi connectivity index (χ2n) is 2.82. The third-order valence-corrected chi connectivity index (χ3v) is 1.85. The first-order valence-corrected chi connectivity index (χ1v) is 4.51. The van der Waals surface area contributed by atoms with Crippen molar-refractivity contribution in [3.8, 4) is 23.8 Å². The second kappa shape index (κ2) is 5.71. The maximum absolute atomic E-state index is 10.7. The highest BCUT2D eigenvalue weighted by Gasteiger charge is 2.04. The minimum absolute atomic E-state index is 0.393. The van der Waals surface area contributed by atoms with Crippen LogP contribution in [0.2, 0.25) is 0 Å². The van der Waals surface area contributed by atoms with E-state index >= 15 is 0 Å². The number of rotatable bonds is 5. The summed E-state index contributed by atoms with van der Waals surface area (Å²) < 4.78 is 10.4. The van der Waals surface area contributed by atoms with E-state index in [2.05, 4.69) is 5.92 Å². The van der Waals surface area contributed by atoms with Crippen molar-refractivity contribution in [1.82, 2.24) is 0 Å². The standard InChI is InChI=1S/C12H12O3/c1-3-4-7-15-12-8-11(14-2)6-5-10(12)9-13/h1,5-6,8-9H,4,7H2,2H3. The fourth-order valence-corrected chi connectivity index (χ4v) is 1.08. The molecule has 15 heavy (non-hydrogen) atoms. The third kappa shape index (κ3) is 3.03. The van der Waals surface area contributed by atoms with Gasteiger partial charge in [0.25, 0.3) is 0 Å². The van der Waals surface area contributed by atoms with Crippen LogP contribution in [0.25, 0.3) is 0 Å². The minimum Gasteiger partial charge on any atom is -0.497 e. The summed E-state index contributed by atoms with van der Waals surface area (Å²) in [6.07, 6.45) is 6.35. The summed E-state index contributed by atoms with van der Waals surface area (Å²) in [7, 11) is 1.56. The van der Waals surface area contributed by atoms with E-state index in [1.165, 1.54) is 0 Å². The molecule has 0 aliphatic heterocycles. The Bertz CT molecular complexity index is 377. The molecule has 0 radical (unpaired) electrons. The lowest BCUT2D eigenvalue weighted by Gasteiger charge is -2.08. The van der Waals surface area contributed by atoms with Crippen molar-refractivity contribution in [2.75, 3.05) is 13.7 Å². The number of aldehydes is 1. The summed E-state index contributed by atoms with van der Waals surface area (Å²) in [5, 5.41) is 0. The molecule has 3 nitrogen and oxygen atoms in total. The first kappa shape index (κ1) is 11.1. The Morgan fingerprint density at radius 1 is 1.53 bits per heavy atom. The molecule has 0 fully saturated rings. The van der Waals surface area contributed by atoms with E-state index in [1.807, 2.05) is 0 Å². The number of ether oxygens (including phenoxy) is 2. The zero-order chi connectivity index (χ0) is 11.1. The van der Waals surface area contributed by atoms with Crippen molar-refractivity contribution in [2.24, 2.45) is 0 Å². The Morgan fingerprint density at radius 2 is 2.33 bits per heavy atom. The Kier molecular flexibility index (Phi) is 4.24. The lowest BCUT2D eigenvalue weighted by Crippen LogP contribution is -1.99. The highest BCUT2D eigenvalue weighted by Crippen LogP contribution is 2.23. The van der Waals surface area contributed by atoms with E-state index in [0.29, 0.717) is 30.1 Å². The van der Waals surface area contributed by atoms with Gasteiger partial charge >= 0.3 is 0 Å². The monoisotopic (exact) mass is 204 g/mol. The van der Waals surface area contributed by atoms with E-state index in [0.717, 1.165) is 6.29 Å². The zero-order valence-corrected chi connectivity index (χ0v) is 8.53. The van der Waals surface area contributed by atoms with Crippen LogP contribution in [0.1, 0.15) is 16.8 Å². The molecular weight excluding hydrogens is 192 g/mol. The number of benzene rings is 1. The quantitative estimate of drug-likeness (QED) is 0.417. The molecule has 0 atom stereocenters. The molecule has 0 aromatic heterocycles. The van der Waals surface area contributed by atoms with E-state index in [9.17, 15) is 4.79 Å². The van der Waals surface area contributed by atoms with Gasteiger partial charge in [-0.1, -0.05) is 0 Å². The number of carbonyl (C=O) groups excluding carboxylic acids is 1. The maximum Gasteiger partial charge on any atom is 0.153 e. The fraction of sp³-hybridized carbons (Fsp3) is 0.250. The summed E-state index contributed by atoms with van der Waals surface area (Å²) >= 11 is 0. The molecule has 0 heterocycles. The maximum atomic E-state index is 10.7. The van der Waals surface area contributed by atoms with E-state index in [1.54, 1.807) is 25.3 Å². The molecule has 0 aliphatic rings. The van der Waals surface area contributed by atoms with Crippen LogP contribution >= 0.6 is 0 Å². The van der Waals surface area contributed by atoms with Crippen molar-refractivity contribution >= 4 is 6.29 Å². The summed E-state index contributed by atoms with van der Waals surface area (Å²) in [5.41, 5.74) is 0.493. The van der Waals surface area contributed by atoms with Crippen molar-refractivity contribution in [3.05, 3.63) is 23.8 Å². The zero-order valence-electron chi connectivity index (χ0n) is 8.53. The molecule has 0 unspecified atom stereocenters. The van der Waals surface area contributed by atoms with Crippen LogP contribution in [0.3, 0.4) is 0 Å². The van der Waals surface area contributed by atoms with E-state index in [4.69, 9.17) is 15.9 Å². The number of hydrogen-bond acceptors (Lipinski definition) is 3. The van der Waals surface area contributed by atoms with Gasteiger partial charge < -0.3 is 9.47 Å². The Labute approximate surface area is 89.0 Å². The Morgan fingerprint density at radius 3 is 2.93 bits per heavy atom. The molecule has 0 amide bonds. The van der Waals surface area contributed by atoms with Gasteiger partial charge in [0.05, 0.1) is 19.3 Å². The van der Waals surface area contributed by atoms with Gasteiger partial charge in [0, 0.05) is 12.5 Å². The fourth-order valence-electron chi connectivity index (χ4n) is 1.08. The molecule has 3 heteroatoms. The number of carbonyl (C=O) groups is 1. The summed E-state index contributed by atoms with van der Waals surface area (Å²) in [5.74, 6) is 3.61. The summed E-state index contributed by atoms with van der Waals surface area (Å²) in [6, 6.07) is 5.02. The van der Waals surface area contributed by atoms with Gasteiger partial charge in [-0.3, -0.25) is 4.79 Å². The molecule has 0 bridgehead atoms. The van der Waals surface area contributed by atoms with E-state index < -0.39 is 0 Å². The molecule has 1 aromatic carbocycles. The summed E-state index contributed by atoms with van der Waals surface area (Å²) in [6.45, 7) is 0.393. The van der Waals surface area contributed by atoms with Gasteiger partial charge in [-0.05, 0) is 12.1 Å². The third-order valence-electron chi connectivity index (χ3n) is 1.85. The Balaban J connectivity index is 2.82. The van der Waals surface area contributed by atoms with Gasteiger partial charge in [0.15, 0.2) is 6.29 Å². The summed E-state index contributed by atoms with van der Waals surface area (Å²) in [4.78, 5) is 10.7. The molecular formula is C12H12O3. The van der Waals surface area contributed by atoms with Gasteiger partial charge in [-0.15, -0.1) is 12.3 Å². The normalized spacial score (nSPS) is 9.07. The lowest BCUT2D eigenvalue weighted by atomic mass is 10.2. The topological polar surface area (TPSA) is 35.5 Å². The molecule has 0 N–H and O–H groups in total. The van der Waals surface area contributed by atoms with Gasteiger partial charge in [-0.2, -0.15) is 0 Å². The molecule has 0 saturated heterocycles. The minimum atomic E-state index is 0.393. The average Bonchev–Trinajstić information content (AvgIpc) is 2.29. The molecule has 0 saturated carbocycles. The predicted molar refractivity (Wildman–Crippen MR) is 57.3 cm³/mol. The number of hydrogen-bond donors (Lipinski definition) is 0. The van der Waals surface area contributed by atoms with Crippen LogP contribution in [-0.4, -0.2) is 20.0 Å². The number of terminal acetylenes is 1. The molecule has 1 rings (SSSR count). The van der Waals surface area contributed by atoms with Crippen molar-refractivity contribution < 1.29 is 14.3 Å². The van der Waals surface area contributed by atoms with Crippen LogP contribution in [0.4, 0.5) is 0 Å². The molecule has 0 spiro atoms. The Hall–Kier alpha value is -1.95. The smallest absolute Gasteiger partial charge is 0.153 e. The SMILES string of the molecule is C#CCCOc1cc(OC)ccc1C=O. The van der Waals surface area contributed by atoms with Gasteiger partial charge in [0.1, 0.15) is 11.5 Å². The highest BCUT2D eigenvalue weighted by molar-refractivity contribution is 5.79. The van der Waals surface area contributed by atoms with Crippen LogP contribution in [-0.2, 0) is 0 Å². The van der Waals surface area contributed by atoms with Crippen LogP contribution in [0.15, 0.2) is 18.2 Å². The highest BCUT2D eigenvalue weighted by atomic mass is 16.5. The first-order chi connectivity index (χ1) is 7.31. The van der Waals surface area contributed by atoms with Crippen molar-refractivity contribution in [3.63, 3.8) is 0 Å². The lowest BCUT2D eigenvalue weighted by molar-refractivity contribution is 0.111. The molecule has 0 aliphatic carbocycles. The van der Waals surface area contributed by atoms with Gasteiger partial charge in [0.2, 0.25) is 0 Å².